The lowest BCUT2D eigenvalue weighted by Crippen LogP contribution is -2.27. The van der Waals surface area contributed by atoms with E-state index in [0.29, 0.717) is 11.6 Å². The molecule has 104 valence electrons. The van der Waals surface area contributed by atoms with Crippen LogP contribution in [0.1, 0.15) is 49.4 Å². The maximum absolute atomic E-state index is 11.6. The predicted molar refractivity (Wildman–Crippen MR) is 79.5 cm³/mol. The van der Waals surface area contributed by atoms with E-state index in [2.05, 4.69) is 17.6 Å². The fraction of sp³-hybridized carbons (Fsp3) is 0.562. The number of hydrogen-bond acceptors (Lipinski definition) is 2. The zero-order valence-electron chi connectivity index (χ0n) is 11.9. The van der Waals surface area contributed by atoms with Crippen LogP contribution in [0.2, 0.25) is 0 Å². The monoisotopic (exact) mass is 260 g/mol. The molecule has 3 nitrogen and oxygen atoms in total. The highest BCUT2D eigenvalue weighted by Gasteiger charge is 2.19. The summed E-state index contributed by atoms with van der Waals surface area (Å²) in [5, 5.41) is 6.21. The Morgan fingerprint density at radius 3 is 2.68 bits per heavy atom. The van der Waals surface area contributed by atoms with Crippen molar-refractivity contribution in [2.75, 3.05) is 12.4 Å². The van der Waals surface area contributed by atoms with Gasteiger partial charge >= 0.3 is 0 Å². The number of anilines is 1. The van der Waals surface area contributed by atoms with Crippen molar-refractivity contribution < 1.29 is 4.79 Å². The molecule has 1 fully saturated rings. The number of hydrogen-bond donors (Lipinski definition) is 2. The van der Waals surface area contributed by atoms with Gasteiger partial charge in [0, 0.05) is 24.3 Å². The molecule has 1 aliphatic carbocycles. The van der Waals surface area contributed by atoms with Crippen LogP contribution in [-0.4, -0.2) is 19.0 Å². The lowest BCUT2D eigenvalue weighted by Gasteiger charge is -2.29. The summed E-state index contributed by atoms with van der Waals surface area (Å²) in [4.78, 5) is 11.6. The third-order valence-electron chi connectivity index (χ3n) is 4.10. The zero-order chi connectivity index (χ0) is 13.7. The molecule has 0 aliphatic heterocycles. The summed E-state index contributed by atoms with van der Waals surface area (Å²) in [5.74, 6) is 0.728. The minimum atomic E-state index is -0.0334. The summed E-state index contributed by atoms with van der Waals surface area (Å²) in [7, 11) is 1.66. The number of nitrogens with one attached hydrogen (secondary N) is 2. The topological polar surface area (TPSA) is 41.1 Å². The van der Waals surface area contributed by atoms with Gasteiger partial charge in [0.2, 0.25) is 0 Å². The van der Waals surface area contributed by atoms with Gasteiger partial charge in [-0.25, -0.2) is 0 Å². The van der Waals surface area contributed by atoms with E-state index in [1.54, 1.807) is 7.05 Å². The maximum Gasteiger partial charge on any atom is 0.251 e. The van der Waals surface area contributed by atoms with Gasteiger partial charge in [-0.1, -0.05) is 25.3 Å². The molecule has 0 spiro atoms. The van der Waals surface area contributed by atoms with E-state index in [-0.39, 0.29) is 5.91 Å². The first-order valence-corrected chi connectivity index (χ1v) is 7.29. The maximum atomic E-state index is 11.6. The van der Waals surface area contributed by atoms with E-state index < -0.39 is 0 Å². The van der Waals surface area contributed by atoms with Gasteiger partial charge in [0.15, 0.2) is 0 Å². The average Bonchev–Trinajstić information content (AvgIpc) is 2.47. The Labute approximate surface area is 115 Å². The zero-order valence-corrected chi connectivity index (χ0v) is 11.9. The molecule has 1 atom stereocenters. The quantitative estimate of drug-likeness (QED) is 0.871. The van der Waals surface area contributed by atoms with Gasteiger partial charge in [0.1, 0.15) is 0 Å². The second-order valence-corrected chi connectivity index (χ2v) is 5.49. The third kappa shape index (κ3) is 3.72. The van der Waals surface area contributed by atoms with Crippen molar-refractivity contribution >= 4 is 11.6 Å². The van der Waals surface area contributed by atoms with Gasteiger partial charge in [-0.2, -0.15) is 0 Å². The summed E-state index contributed by atoms with van der Waals surface area (Å²) < 4.78 is 0. The molecule has 2 N–H and O–H groups in total. The number of benzene rings is 1. The van der Waals surface area contributed by atoms with Crippen molar-refractivity contribution in [3.8, 4) is 0 Å². The molecule has 19 heavy (non-hydrogen) atoms. The number of rotatable bonds is 4. The lowest BCUT2D eigenvalue weighted by atomic mass is 9.84. The summed E-state index contributed by atoms with van der Waals surface area (Å²) >= 11 is 0. The lowest BCUT2D eigenvalue weighted by molar-refractivity contribution is 0.0963. The Morgan fingerprint density at radius 2 is 2.00 bits per heavy atom. The van der Waals surface area contributed by atoms with Crippen LogP contribution in [-0.2, 0) is 0 Å². The number of carbonyl (C=O) groups excluding carboxylic acids is 1. The first-order chi connectivity index (χ1) is 9.20. The summed E-state index contributed by atoms with van der Waals surface area (Å²) in [6.07, 6.45) is 6.74. The summed E-state index contributed by atoms with van der Waals surface area (Å²) in [6.45, 7) is 2.25. The van der Waals surface area contributed by atoms with Crippen molar-refractivity contribution in [3.05, 3.63) is 29.8 Å². The fourth-order valence-corrected chi connectivity index (χ4v) is 2.91. The summed E-state index contributed by atoms with van der Waals surface area (Å²) in [5.41, 5.74) is 1.75. The molecule has 2 rings (SSSR count). The van der Waals surface area contributed by atoms with E-state index >= 15 is 0 Å². The molecule has 1 aromatic carbocycles. The van der Waals surface area contributed by atoms with Crippen LogP contribution in [0.5, 0.6) is 0 Å². The molecule has 0 aromatic heterocycles. The molecule has 1 aliphatic rings. The SMILES string of the molecule is CNC(=O)c1cccc(NC(C)C2CCCCC2)c1. The van der Waals surface area contributed by atoms with Crippen LogP contribution < -0.4 is 10.6 Å². The first-order valence-electron chi connectivity index (χ1n) is 7.29. The van der Waals surface area contributed by atoms with Gasteiger partial charge < -0.3 is 10.6 Å². The Bertz CT molecular complexity index is 425. The highest BCUT2D eigenvalue weighted by molar-refractivity contribution is 5.94. The highest BCUT2D eigenvalue weighted by Crippen LogP contribution is 2.28. The Morgan fingerprint density at radius 1 is 1.26 bits per heavy atom. The van der Waals surface area contributed by atoms with E-state index in [4.69, 9.17) is 0 Å². The second-order valence-electron chi connectivity index (χ2n) is 5.49. The molecule has 1 saturated carbocycles. The van der Waals surface area contributed by atoms with Gasteiger partial charge in [0.25, 0.3) is 5.91 Å². The van der Waals surface area contributed by atoms with Gasteiger partial charge in [-0.15, -0.1) is 0 Å². The number of amides is 1. The molecular weight excluding hydrogens is 236 g/mol. The average molecular weight is 260 g/mol. The van der Waals surface area contributed by atoms with Crippen molar-refractivity contribution in [1.82, 2.24) is 5.32 Å². The first kappa shape index (κ1) is 13.9. The third-order valence-corrected chi connectivity index (χ3v) is 4.10. The highest BCUT2D eigenvalue weighted by atomic mass is 16.1. The van der Waals surface area contributed by atoms with Crippen molar-refractivity contribution in [1.29, 1.82) is 0 Å². The predicted octanol–water partition coefficient (Wildman–Crippen LogP) is 3.43. The molecule has 1 amide bonds. The van der Waals surface area contributed by atoms with E-state index in [9.17, 15) is 4.79 Å². The van der Waals surface area contributed by atoms with Crippen LogP contribution >= 0.6 is 0 Å². The molecule has 0 bridgehead atoms. The van der Waals surface area contributed by atoms with Crippen molar-refractivity contribution in [2.24, 2.45) is 5.92 Å². The molecular formula is C16H24N2O. The van der Waals surface area contributed by atoms with E-state index in [1.807, 2.05) is 24.3 Å². The van der Waals surface area contributed by atoms with Gasteiger partial charge in [-0.05, 0) is 43.9 Å². The van der Waals surface area contributed by atoms with Gasteiger partial charge in [-0.3, -0.25) is 4.79 Å². The minimum Gasteiger partial charge on any atom is -0.382 e. The van der Waals surface area contributed by atoms with Crippen LogP contribution in [0.25, 0.3) is 0 Å². The van der Waals surface area contributed by atoms with E-state index in [1.165, 1.54) is 32.1 Å². The molecule has 0 saturated heterocycles. The standard InChI is InChI=1S/C16H24N2O/c1-12(13-7-4-3-5-8-13)18-15-10-6-9-14(11-15)16(19)17-2/h6,9-13,18H,3-5,7-8H2,1-2H3,(H,17,19). The Kier molecular flexibility index (Phi) is 4.83. The van der Waals surface area contributed by atoms with Crippen molar-refractivity contribution in [2.45, 2.75) is 45.1 Å². The largest absolute Gasteiger partial charge is 0.382 e. The van der Waals surface area contributed by atoms with Crippen LogP contribution in [0.3, 0.4) is 0 Å². The van der Waals surface area contributed by atoms with E-state index in [0.717, 1.165) is 11.6 Å². The second kappa shape index (κ2) is 6.60. The van der Waals surface area contributed by atoms with Crippen LogP contribution in [0.4, 0.5) is 5.69 Å². The normalized spacial score (nSPS) is 17.8. The molecule has 0 heterocycles. The molecule has 1 unspecified atom stereocenters. The van der Waals surface area contributed by atoms with Gasteiger partial charge in [0.05, 0.1) is 0 Å². The Hall–Kier alpha value is -1.51. The van der Waals surface area contributed by atoms with Crippen LogP contribution in [0.15, 0.2) is 24.3 Å². The van der Waals surface area contributed by atoms with Crippen molar-refractivity contribution in [3.63, 3.8) is 0 Å². The minimum absolute atomic E-state index is 0.0334. The summed E-state index contributed by atoms with van der Waals surface area (Å²) in [6, 6.07) is 8.21. The molecule has 3 heteroatoms. The fourth-order valence-electron chi connectivity index (χ4n) is 2.91. The van der Waals surface area contributed by atoms with Crippen LogP contribution in [0, 0.1) is 5.92 Å². The molecule has 0 radical (unpaired) electrons. The molecule has 1 aromatic rings. The smallest absolute Gasteiger partial charge is 0.251 e. The Balaban J connectivity index is 1.99. The number of carbonyl (C=O) groups is 1.